The predicted molar refractivity (Wildman–Crippen MR) is 108 cm³/mol. The third kappa shape index (κ3) is 4.89. The second kappa shape index (κ2) is 8.71. The lowest BCUT2D eigenvalue weighted by Gasteiger charge is -2.35. The molecular formula is C20H25ClN2O3S. The molecule has 146 valence electrons. The van der Waals surface area contributed by atoms with E-state index in [4.69, 9.17) is 16.3 Å². The minimum absolute atomic E-state index is 0.0521. The minimum atomic E-state index is -3.66. The van der Waals surface area contributed by atoms with Crippen LogP contribution in [0.3, 0.4) is 0 Å². The molecule has 1 unspecified atom stereocenters. The summed E-state index contributed by atoms with van der Waals surface area (Å²) in [7, 11) is -3.66. The van der Waals surface area contributed by atoms with Crippen LogP contribution in [0.2, 0.25) is 5.02 Å². The fourth-order valence-electron chi connectivity index (χ4n) is 3.28. The fourth-order valence-corrected chi connectivity index (χ4v) is 4.81. The maximum atomic E-state index is 12.9. The summed E-state index contributed by atoms with van der Waals surface area (Å²) in [4.78, 5) is 2.49. The van der Waals surface area contributed by atoms with Crippen molar-refractivity contribution in [1.29, 1.82) is 0 Å². The molecule has 1 N–H and O–H groups in total. The van der Waals surface area contributed by atoms with Crippen molar-refractivity contribution in [2.75, 3.05) is 32.8 Å². The first-order valence-electron chi connectivity index (χ1n) is 9.01. The Morgan fingerprint density at radius 3 is 2.44 bits per heavy atom. The standard InChI is InChI=1S/C20H25ClN2O3S/c1-15-6-8-17(9-7-15)19(23-10-12-26-13-11-23)14-22-27(24,25)20-5-3-4-18(21)16(20)2/h3-9,19,22H,10-14H2,1-2H3. The normalized spacial score (nSPS) is 17.0. The molecule has 3 rings (SSSR count). The Morgan fingerprint density at radius 2 is 1.78 bits per heavy atom. The predicted octanol–water partition coefficient (Wildman–Crippen LogP) is 3.31. The van der Waals surface area contributed by atoms with Crippen molar-refractivity contribution < 1.29 is 13.2 Å². The van der Waals surface area contributed by atoms with E-state index in [1.54, 1.807) is 25.1 Å². The van der Waals surface area contributed by atoms with Crippen molar-refractivity contribution in [3.63, 3.8) is 0 Å². The van der Waals surface area contributed by atoms with Gasteiger partial charge in [0.2, 0.25) is 10.0 Å². The van der Waals surface area contributed by atoms with Crippen LogP contribution < -0.4 is 4.72 Å². The molecule has 0 aliphatic carbocycles. The number of nitrogens with zero attached hydrogens (tertiary/aromatic N) is 1. The molecule has 0 bridgehead atoms. The molecule has 1 heterocycles. The molecule has 2 aromatic carbocycles. The summed E-state index contributed by atoms with van der Waals surface area (Å²) >= 11 is 6.10. The van der Waals surface area contributed by atoms with Crippen molar-refractivity contribution in [1.82, 2.24) is 9.62 Å². The Balaban J connectivity index is 1.83. The van der Waals surface area contributed by atoms with Crippen molar-refractivity contribution in [3.05, 3.63) is 64.2 Å². The summed E-state index contributed by atoms with van der Waals surface area (Å²) in [5, 5.41) is 0.445. The van der Waals surface area contributed by atoms with Gasteiger partial charge in [-0.15, -0.1) is 0 Å². The highest BCUT2D eigenvalue weighted by molar-refractivity contribution is 7.89. The zero-order chi connectivity index (χ0) is 19.4. The highest BCUT2D eigenvalue weighted by Crippen LogP contribution is 2.25. The van der Waals surface area contributed by atoms with Gasteiger partial charge < -0.3 is 4.74 Å². The maximum Gasteiger partial charge on any atom is 0.240 e. The van der Waals surface area contributed by atoms with E-state index in [0.29, 0.717) is 23.8 Å². The molecule has 1 atom stereocenters. The van der Waals surface area contributed by atoms with Crippen LogP contribution in [0.5, 0.6) is 0 Å². The topological polar surface area (TPSA) is 58.6 Å². The molecule has 0 saturated carbocycles. The van der Waals surface area contributed by atoms with E-state index in [2.05, 4.69) is 33.9 Å². The van der Waals surface area contributed by atoms with Crippen molar-refractivity contribution in [2.24, 2.45) is 0 Å². The third-order valence-electron chi connectivity index (χ3n) is 4.92. The summed E-state index contributed by atoms with van der Waals surface area (Å²) in [6, 6.07) is 13.1. The number of nitrogens with one attached hydrogen (secondary N) is 1. The van der Waals surface area contributed by atoms with E-state index >= 15 is 0 Å². The van der Waals surface area contributed by atoms with Gasteiger partial charge in [-0.2, -0.15) is 0 Å². The van der Waals surface area contributed by atoms with Gasteiger partial charge in [0.1, 0.15) is 0 Å². The summed E-state index contributed by atoms with van der Waals surface area (Å²) in [5.41, 5.74) is 2.83. The van der Waals surface area contributed by atoms with Gasteiger partial charge in [0.15, 0.2) is 0 Å². The highest BCUT2D eigenvalue weighted by Gasteiger charge is 2.26. The summed E-state index contributed by atoms with van der Waals surface area (Å²) in [5.74, 6) is 0. The average molecular weight is 409 g/mol. The number of hydrogen-bond acceptors (Lipinski definition) is 4. The van der Waals surface area contributed by atoms with Crippen LogP contribution in [0.25, 0.3) is 0 Å². The molecule has 0 radical (unpaired) electrons. The van der Waals surface area contributed by atoms with E-state index in [1.165, 1.54) is 5.56 Å². The zero-order valence-corrected chi connectivity index (χ0v) is 17.2. The average Bonchev–Trinajstić information content (AvgIpc) is 2.66. The molecule has 0 spiro atoms. The van der Waals surface area contributed by atoms with Crippen LogP contribution >= 0.6 is 11.6 Å². The van der Waals surface area contributed by atoms with Gasteiger partial charge >= 0.3 is 0 Å². The first-order valence-corrected chi connectivity index (χ1v) is 10.9. The SMILES string of the molecule is Cc1ccc(C(CNS(=O)(=O)c2cccc(Cl)c2C)N2CCOCC2)cc1. The quantitative estimate of drug-likeness (QED) is 0.796. The molecule has 5 nitrogen and oxygen atoms in total. The van der Waals surface area contributed by atoms with E-state index in [9.17, 15) is 8.42 Å². The van der Waals surface area contributed by atoms with Crippen LogP contribution in [0, 0.1) is 13.8 Å². The fraction of sp³-hybridized carbons (Fsp3) is 0.400. The summed E-state index contributed by atoms with van der Waals surface area (Å²) in [6.45, 7) is 6.91. The van der Waals surface area contributed by atoms with Gasteiger partial charge in [-0.25, -0.2) is 13.1 Å². The second-order valence-electron chi connectivity index (χ2n) is 6.79. The van der Waals surface area contributed by atoms with E-state index in [1.807, 2.05) is 6.92 Å². The van der Waals surface area contributed by atoms with Crippen LogP contribution in [-0.2, 0) is 14.8 Å². The van der Waals surface area contributed by atoms with E-state index < -0.39 is 10.0 Å². The monoisotopic (exact) mass is 408 g/mol. The lowest BCUT2D eigenvalue weighted by molar-refractivity contribution is 0.0172. The van der Waals surface area contributed by atoms with Crippen molar-refractivity contribution in [3.8, 4) is 0 Å². The maximum absolute atomic E-state index is 12.9. The van der Waals surface area contributed by atoms with Gasteiger partial charge in [-0.1, -0.05) is 47.5 Å². The number of sulfonamides is 1. The van der Waals surface area contributed by atoms with Crippen LogP contribution in [0.4, 0.5) is 0 Å². The van der Waals surface area contributed by atoms with E-state index in [-0.39, 0.29) is 17.5 Å². The van der Waals surface area contributed by atoms with Crippen molar-refractivity contribution >= 4 is 21.6 Å². The third-order valence-corrected chi connectivity index (χ3v) is 6.90. The van der Waals surface area contributed by atoms with Gasteiger partial charge in [-0.3, -0.25) is 4.90 Å². The molecule has 7 heteroatoms. The second-order valence-corrected chi connectivity index (χ2v) is 8.93. The number of rotatable bonds is 6. The Bertz CT molecular complexity index is 879. The minimum Gasteiger partial charge on any atom is -0.379 e. The molecule has 2 aromatic rings. The van der Waals surface area contributed by atoms with Gasteiger partial charge in [-0.05, 0) is 37.1 Å². The lowest BCUT2D eigenvalue weighted by atomic mass is 10.0. The molecular weight excluding hydrogens is 384 g/mol. The molecule has 27 heavy (non-hydrogen) atoms. The van der Waals surface area contributed by atoms with Crippen LogP contribution in [-0.4, -0.2) is 46.2 Å². The number of halogens is 1. The molecule has 1 aliphatic rings. The van der Waals surface area contributed by atoms with Crippen molar-refractivity contribution in [2.45, 2.75) is 24.8 Å². The zero-order valence-electron chi connectivity index (χ0n) is 15.6. The smallest absolute Gasteiger partial charge is 0.240 e. The first kappa shape index (κ1) is 20.3. The Kier molecular flexibility index (Phi) is 6.55. The molecule has 0 amide bonds. The van der Waals surface area contributed by atoms with Gasteiger partial charge in [0.25, 0.3) is 0 Å². The molecule has 0 aromatic heterocycles. The number of aryl methyl sites for hydroxylation is 1. The van der Waals surface area contributed by atoms with Gasteiger partial charge in [0, 0.05) is 30.7 Å². The van der Waals surface area contributed by atoms with Crippen LogP contribution in [0.15, 0.2) is 47.4 Å². The lowest BCUT2D eigenvalue weighted by Crippen LogP contribution is -2.43. The summed E-state index contributed by atoms with van der Waals surface area (Å²) < 4.78 is 34.0. The Labute approximate surface area is 166 Å². The molecule has 1 saturated heterocycles. The molecule has 1 aliphatic heterocycles. The summed E-state index contributed by atoms with van der Waals surface area (Å²) in [6.07, 6.45) is 0. The van der Waals surface area contributed by atoms with Crippen LogP contribution in [0.1, 0.15) is 22.7 Å². The largest absolute Gasteiger partial charge is 0.379 e. The van der Waals surface area contributed by atoms with Gasteiger partial charge in [0.05, 0.1) is 18.1 Å². The molecule has 1 fully saturated rings. The Morgan fingerprint density at radius 1 is 1.11 bits per heavy atom. The number of benzene rings is 2. The Hall–Kier alpha value is -1.44. The van der Waals surface area contributed by atoms with E-state index in [0.717, 1.165) is 18.7 Å². The highest BCUT2D eigenvalue weighted by atomic mass is 35.5. The number of ether oxygens (including phenoxy) is 1. The number of hydrogen-bond donors (Lipinski definition) is 1. The number of morpholine rings is 1. The first-order chi connectivity index (χ1) is 12.9.